The Morgan fingerprint density at radius 3 is 2.07 bits per heavy atom. The van der Waals surface area contributed by atoms with E-state index in [1.807, 2.05) is 18.2 Å². The van der Waals surface area contributed by atoms with E-state index in [0.717, 1.165) is 29.8 Å². The molecule has 0 unspecified atom stereocenters. The Labute approximate surface area is 86.3 Å². The SMILES string of the molecule is CCC(C)(C)Cc1c(N)cccc1N. The van der Waals surface area contributed by atoms with Crippen molar-refractivity contribution in [3.05, 3.63) is 23.8 Å². The lowest BCUT2D eigenvalue weighted by molar-refractivity contribution is 0.350. The van der Waals surface area contributed by atoms with Crippen LogP contribution in [0.25, 0.3) is 0 Å². The monoisotopic (exact) mass is 192 g/mol. The van der Waals surface area contributed by atoms with Gasteiger partial charge in [0, 0.05) is 11.4 Å². The quantitative estimate of drug-likeness (QED) is 0.723. The average molecular weight is 192 g/mol. The third-order valence-corrected chi connectivity index (χ3v) is 2.86. The minimum atomic E-state index is 0.267. The molecule has 4 N–H and O–H groups in total. The number of hydrogen-bond acceptors (Lipinski definition) is 2. The molecule has 0 bridgehead atoms. The van der Waals surface area contributed by atoms with E-state index in [4.69, 9.17) is 11.5 Å². The molecule has 14 heavy (non-hydrogen) atoms. The van der Waals surface area contributed by atoms with Crippen LogP contribution in [0.4, 0.5) is 11.4 Å². The topological polar surface area (TPSA) is 52.0 Å². The summed E-state index contributed by atoms with van der Waals surface area (Å²) < 4.78 is 0. The van der Waals surface area contributed by atoms with E-state index < -0.39 is 0 Å². The molecule has 0 aliphatic heterocycles. The maximum atomic E-state index is 5.90. The molecule has 1 aromatic carbocycles. The molecule has 78 valence electrons. The van der Waals surface area contributed by atoms with Gasteiger partial charge in [0.05, 0.1) is 0 Å². The Bertz CT molecular complexity index is 296. The van der Waals surface area contributed by atoms with Crippen molar-refractivity contribution < 1.29 is 0 Å². The lowest BCUT2D eigenvalue weighted by atomic mass is 9.82. The van der Waals surface area contributed by atoms with Crippen molar-refractivity contribution in [2.75, 3.05) is 11.5 Å². The first-order valence-corrected chi connectivity index (χ1v) is 5.09. The summed E-state index contributed by atoms with van der Waals surface area (Å²) >= 11 is 0. The molecule has 1 aromatic rings. The van der Waals surface area contributed by atoms with Gasteiger partial charge in [-0.15, -0.1) is 0 Å². The van der Waals surface area contributed by atoms with Crippen LogP contribution in [0.3, 0.4) is 0 Å². The summed E-state index contributed by atoms with van der Waals surface area (Å²) in [5, 5.41) is 0. The highest BCUT2D eigenvalue weighted by Gasteiger charge is 2.18. The highest BCUT2D eigenvalue weighted by Crippen LogP contribution is 2.31. The zero-order valence-electron chi connectivity index (χ0n) is 9.30. The second-order valence-electron chi connectivity index (χ2n) is 4.61. The van der Waals surface area contributed by atoms with Gasteiger partial charge in [-0.1, -0.05) is 33.3 Å². The van der Waals surface area contributed by atoms with Crippen LogP contribution in [0.1, 0.15) is 32.8 Å². The summed E-state index contributed by atoms with van der Waals surface area (Å²) in [6.45, 7) is 6.66. The Morgan fingerprint density at radius 2 is 1.64 bits per heavy atom. The van der Waals surface area contributed by atoms with Crippen molar-refractivity contribution in [1.82, 2.24) is 0 Å². The molecule has 0 heterocycles. The molecule has 0 amide bonds. The Kier molecular flexibility index (Phi) is 3.04. The predicted molar refractivity (Wildman–Crippen MR) is 63.0 cm³/mol. The number of nitrogen functional groups attached to an aromatic ring is 2. The summed E-state index contributed by atoms with van der Waals surface area (Å²) in [6.07, 6.45) is 2.07. The van der Waals surface area contributed by atoms with E-state index in [1.165, 1.54) is 0 Å². The molecule has 0 spiro atoms. The molecule has 0 atom stereocenters. The highest BCUT2D eigenvalue weighted by atomic mass is 14.6. The Hall–Kier alpha value is -1.18. The first kappa shape index (κ1) is 10.9. The van der Waals surface area contributed by atoms with Gasteiger partial charge in [-0.2, -0.15) is 0 Å². The van der Waals surface area contributed by atoms with E-state index >= 15 is 0 Å². The number of anilines is 2. The van der Waals surface area contributed by atoms with Crippen LogP contribution >= 0.6 is 0 Å². The van der Waals surface area contributed by atoms with Crippen LogP contribution in [-0.4, -0.2) is 0 Å². The summed E-state index contributed by atoms with van der Waals surface area (Å²) in [5.41, 5.74) is 14.8. The third kappa shape index (κ3) is 2.41. The molecule has 0 aliphatic carbocycles. The van der Waals surface area contributed by atoms with Gasteiger partial charge < -0.3 is 11.5 Å². The van der Waals surface area contributed by atoms with Crippen LogP contribution in [-0.2, 0) is 6.42 Å². The minimum absolute atomic E-state index is 0.267. The Morgan fingerprint density at radius 1 is 1.14 bits per heavy atom. The van der Waals surface area contributed by atoms with Crippen molar-refractivity contribution in [1.29, 1.82) is 0 Å². The van der Waals surface area contributed by atoms with Gasteiger partial charge in [0.2, 0.25) is 0 Å². The molecule has 0 aliphatic rings. The first-order valence-electron chi connectivity index (χ1n) is 5.09. The molecule has 0 saturated carbocycles. The molecule has 0 radical (unpaired) electrons. The van der Waals surface area contributed by atoms with Crippen molar-refractivity contribution in [2.24, 2.45) is 5.41 Å². The van der Waals surface area contributed by atoms with E-state index in [-0.39, 0.29) is 5.41 Å². The fourth-order valence-corrected chi connectivity index (χ4v) is 1.43. The normalized spacial score (nSPS) is 11.6. The summed E-state index contributed by atoms with van der Waals surface area (Å²) in [4.78, 5) is 0. The van der Waals surface area contributed by atoms with Crippen LogP contribution in [0.2, 0.25) is 0 Å². The molecule has 0 fully saturated rings. The Balaban J connectivity index is 2.97. The maximum Gasteiger partial charge on any atom is 0.0367 e. The first-order chi connectivity index (χ1) is 6.46. The second kappa shape index (κ2) is 3.91. The van der Waals surface area contributed by atoms with Gasteiger partial charge >= 0.3 is 0 Å². The standard InChI is InChI=1S/C12H20N2/c1-4-12(2,3)8-9-10(13)6-5-7-11(9)14/h5-7H,4,8,13-14H2,1-3H3. The van der Waals surface area contributed by atoms with Gasteiger partial charge in [-0.25, -0.2) is 0 Å². The average Bonchev–Trinajstić information content (AvgIpc) is 2.12. The van der Waals surface area contributed by atoms with Crippen LogP contribution in [0, 0.1) is 5.41 Å². The van der Waals surface area contributed by atoms with Crippen LogP contribution < -0.4 is 11.5 Å². The lowest BCUT2D eigenvalue weighted by Gasteiger charge is -2.24. The molecule has 2 heteroatoms. The highest BCUT2D eigenvalue weighted by molar-refractivity contribution is 5.61. The lowest BCUT2D eigenvalue weighted by Crippen LogP contribution is -2.15. The van der Waals surface area contributed by atoms with Crippen molar-refractivity contribution in [2.45, 2.75) is 33.6 Å². The van der Waals surface area contributed by atoms with E-state index in [0.29, 0.717) is 0 Å². The molecular formula is C12H20N2. The predicted octanol–water partition coefficient (Wildman–Crippen LogP) is 2.83. The summed E-state index contributed by atoms with van der Waals surface area (Å²) in [7, 11) is 0. The third-order valence-electron chi connectivity index (χ3n) is 2.86. The molecular weight excluding hydrogens is 172 g/mol. The van der Waals surface area contributed by atoms with Gasteiger partial charge in [0.15, 0.2) is 0 Å². The zero-order chi connectivity index (χ0) is 10.8. The van der Waals surface area contributed by atoms with Gasteiger partial charge in [-0.05, 0) is 29.5 Å². The summed E-state index contributed by atoms with van der Waals surface area (Å²) in [6, 6.07) is 5.72. The second-order valence-corrected chi connectivity index (χ2v) is 4.61. The molecule has 0 saturated heterocycles. The van der Waals surface area contributed by atoms with E-state index in [2.05, 4.69) is 20.8 Å². The minimum Gasteiger partial charge on any atom is -0.398 e. The van der Waals surface area contributed by atoms with Crippen molar-refractivity contribution >= 4 is 11.4 Å². The largest absolute Gasteiger partial charge is 0.398 e. The fourth-order valence-electron chi connectivity index (χ4n) is 1.43. The smallest absolute Gasteiger partial charge is 0.0367 e. The van der Waals surface area contributed by atoms with Crippen LogP contribution in [0.5, 0.6) is 0 Å². The number of nitrogens with two attached hydrogens (primary N) is 2. The van der Waals surface area contributed by atoms with Gasteiger partial charge in [0.25, 0.3) is 0 Å². The zero-order valence-corrected chi connectivity index (χ0v) is 9.30. The van der Waals surface area contributed by atoms with E-state index in [1.54, 1.807) is 0 Å². The molecule has 1 rings (SSSR count). The van der Waals surface area contributed by atoms with Crippen molar-refractivity contribution in [3.63, 3.8) is 0 Å². The van der Waals surface area contributed by atoms with Gasteiger partial charge in [-0.3, -0.25) is 0 Å². The van der Waals surface area contributed by atoms with Gasteiger partial charge in [0.1, 0.15) is 0 Å². The molecule has 0 aromatic heterocycles. The maximum absolute atomic E-state index is 5.90. The summed E-state index contributed by atoms with van der Waals surface area (Å²) in [5.74, 6) is 0. The number of rotatable bonds is 3. The molecule has 2 nitrogen and oxygen atoms in total. The van der Waals surface area contributed by atoms with E-state index in [9.17, 15) is 0 Å². The number of benzene rings is 1. The van der Waals surface area contributed by atoms with Crippen molar-refractivity contribution in [3.8, 4) is 0 Å². The van der Waals surface area contributed by atoms with Crippen LogP contribution in [0.15, 0.2) is 18.2 Å². The fraction of sp³-hybridized carbons (Fsp3) is 0.500. The number of hydrogen-bond donors (Lipinski definition) is 2.